The summed E-state index contributed by atoms with van der Waals surface area (Å²) in [5.41, 5.74) is 19.1. The second-order valence-electron chi connectivity index (χ2n) is 13.1. The van der Waals surface area contributed by atoms with Crippen LogP contribution < -0.4 is 0 Å². The predicted octanol–water partition coefficient (Wildman–Crippen LogP) is 12.1. The van der Waals surface area contributed by atoms with E-state index in [9.17, 15) is 0 Å². The second-order valence-corrected chi connectivity index (χ2v) is 13.1. The van der Waals surface area contributed by atoms with Gasteiger partial charge in [-0.2, -0.15) is 0 Å². The molecule has 0 amide bonds. The van der Waals surface area contributed by atoms with E-state index in [1.807, 2.05) is 0 Å². The molecule has 0 aliphatic heterocycles. The number of pyridine rings is 1. The molecule has 0 N–H and O–H groups in total. The van der Waals surface area contributed by atoms with E-state index in [0.717, 1.165) is 28.1 Å². The van der Waals surface area contributed by atoms with Crippen molar-refractivity contribution in [3.05, 3.63) is 210 Å². The molecule has 0 unspecified atom stereocenters. The number of hydrogen-bond acceptors (Lipinski definition) is 1. The summed E-state index contributed by atoms with van der Waals surface area (Å²) in [6, 6.07) is 68.4. The van der Waals surface area contributed by atoms with E-state index < -0.39 is 0 Å². The molecule has 10 rings (SSSR count). The van der Waals surface area contributed by atoms with Crippen molar-refractivity contribution in [1.29, 1.82) is 0 Å². The summed E-state index contributed by atoms with van der Waals surface area (Å²) in [6.45, 7) is 0. The standard InChI is InChI=1S/C48H31N/c1-3-14-32(15-4-1)34-18-13-19-35(28-34)46-30-37(33-16-5-2-6-17-33)31-47(49-46)36-26-27-41-40-22-9-12-25-44(40)48(45(41)29-36)42-23-10-7-20-38(42)39-21-8-11-24-43(39)48/h1-31H. The summed E-state index contributed by atoms with van der Waals surface area (Å²) in [5.74, 6) is 0. The first kappa shape index (κ1) is 27.8. The van der Waals surface area contributed by atoms with Crippen LogP contribution in [-0.4, -0.2) is 4.98 Å². The minimum atomic E-state index is -0.390. The summed E-state index contributed by atoms with van der Waals surface area (Å²) in [5, 5.41) is 0. The highest BCUT2D eigenvalue weighted by Gasteiger charge is 2.51. The lowest BCUT2D eigenvalue weighted by molar-refractivity contribution is 0.794. The van der Waals surface area contributed by atoms with Crippen LogP contribution in [0.15, 0.2) is 188 Å². The fraction of sp³-hybridized carbons (Fsp3) is 0.0208. The molecule has 49 heavy (non-hydrogen) atoms. The maximum atomic E-state index is 5.41. The summed E-state index contributed by atoms with van der Waals surface area (Å²) >= 11 is 0. The minimum absolute atomic E-state index is 0.390. The van der Waals surface area contributed by atoms with Gasteiger partial charge in [0.25, 0.3) is 0 Å². The lowest BCUT2D eigenvalue weighted by Gasteiger charge is -2.30. The van der Waals surface area contributed by atoms with Crippen molar-refractivity contribution in [2.24, 2.45) is 0 Å². The molecule has 8 aromatic rings. The van der Waals surface area contributed by atoms with Crippen LogP contribution in [-0.2, 0) is 5.41 Å². The van der Waals surface area contributed by atoms with Gasteiger partial charge < -0.3 is 0 Å². The lowest BCUT2D eigenvalue weighted by atomic mass is 9.70. The Balaban J connectivity index is 1.21. The average molecular weight is 622 g/mol. The van der Waals surface area contributed by atoms with Crippen molar-refractivity contribution in [3.8, 4) is 67.0 Å². The van der Waals surface area contributed by atoms with E-state index >= 15 is 0 Å². The van der Waals surface area contributed by atoms with Crippen molar-refractivity contribution in [2.45, 2.75) is 5.41 Å². The molecular weight excluding hydrogens is 591 g/mol. The van der Waals surface area contributed by atoms with Gasteiger partial charge in [-0.15, -0.1) is 0 Å². The molecule has 1 aromatic heterocycles. The van der Waals surface area contributed by atoms with Crippen molar-refractivity contribution in [3.63, 3.8) is 0 Å². The van der Waals surface area contributed by atoms with E-state index in [4.69, 9.17) is 4.98 Å². The van der Waals surface area contributed by atoms with Crippen LogP contribution in [0.5, 0.6) is 0 Å². The van der Waals surface area contributed by atoms with Gasteiger partial charge in [-0.1, -0.05) is 164 Å². The molecule has 2 aliphatic rings. The highest BCUT2D eigenvalue weighted by molar-refractivity contribution is 5.96. The van der Waals surface area contributed by atoms with Gasteiger partial charge in [0.15, 0.2) is 0 Å². The van der Waals surface area contributed by atoms with Crippen molar-refractivity contribution in [1.82, 2.24) is 4.98 Å². The Morgan fingerprint density at radius 3 is 1.27 bits per heavy atom. The maximum Gasteiger partial charge on any atom is 0.0725 e. The number of rotatable bonds is 4. The van der Waals surface area contributed by atoms with Crippen molar-refractivity contribution < 1.29 is 0 Å². The SMILES string of the molecule is c1ccc(-c2cccc(-c3cc(-c4ccccc4)cc(-c4ccc5c(c4)C4(c6ccccc6-c6ccccc64)c4ccccc4-5)n3)c2)cc1. The van der Waals surface area contributed by atoms with Gasteiger partial charge in [-0.05, 0) is 91.0 Å². The number of fused-ring (bicyclic) bond motifs is 10. The molecule has 228 valence electrons. The highest BCUT2D eigenvalue weighted by Crippen LogP contribution is 2.63. The molecule has 1 spiro atoms. The summed E-state index contributed by atoms with van der Waals surface area (Å²) in [6.07, 6.45) is 0. The van der Waals surface area contributed by atoms with Gasteiger partial charge in [0.05, 0.1) is 16.8 Å². The first-order chi connectivity index (χ1) is 24.3. The minimum Gasteiger partial charge on any atom is -0.248 e. The van der Waals surface area contributed by atoms with Crippen LogP contribution in [0.2, 0.25) is 0 Å². The van der Waals surface area contributed by atoms with E-state index in [-0.39, 0.29) is 5.41 Å². The summed E-state index contributed by atoms with van der Waals surface area (Å²) in [7, 11) is 0. The first-order valence-corrected chi connectivity index (χ1v) is 17.0. The Morgan fingerprint density at radius 2 is 0.694 bits per heavy atom. The molecule has 0 saturated carbocycles. The predicted molar refractivity (Wildman–Crippen MR) is 202 cm³/mol. The molecule has 0 atom stereocenters. The molecule has 1 heterocycles. The topological polar surface area (TPSA) is 12.9 Å². The van der Waals surface area contributed by atoms with Gasteiger partial charge in [0, 0.05) is 11.1 Å². The highest BCUT2D eigenvalue weighted by atomic mass is 14.7. The third-order valence-corrected chi connectivity index (χ3v) is 10.5. The third-order valence-electron chi connectivity index (χ3n) is 10.5. The molecule has 0 bridgehead atoms. The smallest absolute Gasteiger partial charge is 0.0725 e. The largest absolute Gasteiger partial charge is 0.248 e. The average Bonchev–Trinajstić information content (AvgIpc) is 3.66. The molecule has 1 heteroatoms. The van der Waals surface area contributed by atoms with Crippen molar-refractivity contribution in [2.75, 3.05) is 0 Å². The van der Waals surface area contributed by atoms with Crippen LogP contribution in [0.1, 0.15) is 22.3 Å². The Morgan fingerprint density at radius 1 is 0.265 bits per heavy atom. The van der Waals surface area contributed by atoms with Crippen LogP contribution >= 0.6 is 0 Å². The van der Waals surface area contributed by atoms with E-state index in [2.05, 4.69) is 188 Å². The Hall–Kier alpha value is -6.31. The zero-order valence-electron chi connectivity index (χ0n) is 26.8. The Bertz CT molecular complexity index is 2480. The summed E-state index contributed by atoms with van der Waals surface area (Å²) < 4.78 is 0. The molecule has 0 fully saturated rings. The fourth-order valence-electron chi connectivity index (χ4n) is 8.37. The fourth-order valence-corrected chi connectivity index (χ4v) is 8.37. The molecule has 0 saturated heterocycles. The van der Waals surface area contributed by atoms with E-state index in [1.54, 1.807) is 0 Å². The quantitative estimate of drug-likeness (QED) is 0.191. The van der Waals surface area contributed by atoms with Gasteiger partial charge in [-0.3, -0.25) is 0 Å². The second kappa shape index (κ2) is 10.9. The Labute approximate surface area is 286 Å². The lowest BCUT2D eigenvalue weighted by Crippen LogP contribution is -2.25. The van der Waals surface area contributed by atoms with Crippen molar-refractivity contribution >= 4 is 0 Å². The zero-order valence-corrected chi connectivity index (χ0v) is 26.8. The Kier molecular flexibility index (Phi) is 6.16. The number of aromatic nitrogens is 1. The van der Waals surface area contributed by atoms with Gasteiger partial charge >= 0.3 is 0 Å². The first-order valence-electron chi connectivity index (χ1n) is 17.0. The van der Waals surface area contributed by atoms with E-state index in [0.29, 0.717) is 0 Å². The number of hydrogen-bond donors (Lipinski definition) is 0. The number of benzene rings is 7. The number of nitrogens with zero attached hydrogens (tertiary/aromatic N) is 1. The molecule has 2 aliphatic carbocycles. The summed E-state index contributed by atoms with van der Waals surface area (Å²) in [4.78, 5) is 5.41. The van der Waals surface area contributed by atoms with Gasteiger partial charge in [0.1, 0.15) is 0 Å². The molecule has 0 radical (unpaired) electrons. The molecular formula is C48H31N. The molecule has 7 aromatic carbocycles. The van der Waals surface area contributed by atoms with E-state index in [1.165, 1.54) is 61.2 Å². The zero-order chi connectivity index (χ0) is 32.4. The monoisotopic (exact) mass is 621 g/mol. The maximum absolute atomic E-state index is 5.41. The van der Waals surface area contributed by atoms with Crippen LogP contribution in [0, 0.1) is 0 Å². The van der Waals surface area contributed by atoms with Gasteiger partial charge in [0.2, 0.25) is 0 Å². The third kappa shape index (κ3) is 4.16. The van der Waals surface area contributed by atoms with Crippen LogP contribution in [0.25, 0.3) is 67.0 Å². The van der Waals surface area contributed by atoms with Gasteiger partial charge in [-0.25, -0.2) is 4.98 Å². The normalized spacial score (nSPS) is 13.1. The van der Waals surface area contributed by atoms with Crippen LogP contribution in [0.3, 0.4) is 0 Å². The molecule has 1 nitrogen and oxygen atoms in total. The van der Waals surface area contributed by atoms with Crippen LogP contribution in [0.4, 0.5) is 0 Å².